The monoisotopic (exact) mass is 191 g/mol. The minimum Gasteiger partial charge on any atom is -0.394 e. The number of aliphatic hydroxyl groups excluding tert-OH is 1. The Labute approximate surface area is 85.0 Å². The van der Waals surface area contributed by atoms with E-state index < -0.39 is 0 Å². The first-order valence-electron chi connectivity index (χ1n) is 5.09. The fraction of sp³-hybridized carbons (Fsp3) is 0.500. The fourth-order valence-corrected chi connectivity index (χ4v) is 2.16. The summed E-state index contributed by atoms with van der Waals surface area (Å²) in [6, 6.07) is 8.48. The summed E-state index contributed by atoms with van der Waals surface area (Å²) >= 11 is 0. The van der Waals surface area contributed by atoms with Crippen molar-refractivity contribution >= 4 is 0 Å². The Hall–Kier alpha value is -0.860. The van der Waals surface area contributed by atoms with Gasteiger partial charge in [0, 0.05) is 12.0 Å². The van der Waals surface area contributed by atoms with Crippen molar-refractivity contribution in [1.82, 2.24) is 5.32 Å². The van der Waals surface area contributed by atoms with Crippen LogP contribution in [-0.2, 0) is 5.41 Å². The highest BCUT2D eigenvalue weighted by Crippen LogP contribution is 2.33. The third-order valence-electron chi connectivity index (χ3n) is 3.04. The van der Waals surface area contributed by atoms with E-state index in [1.165, 1.54) is 11.1 Å². The highest BCUT2D eigenvalue weighted by Gasteiger charge is 2.31. The van der Waals surface area contributed by atoms with Crippen LogP contribution in [0.15, 0.2) is 24.3 Å². The van der Waals surface area contributed by atoms with E-state index in [1.54, 1.807) is 0 Å². The van der Waals surface area contributed by atoms with Gasteiger partial charge >= 0.3 is 0 Å². The Bertz CT molecular complexity index is 333. The summed E-state index contributed by atoms with van der Waals surface area (Å²) in [4.78, 5) is 0. The molecule has 2 heteroatoms. The van der Waals surface area contributed by atoms with Gasteiger partial charge in [0.1, 0.15) is 0 Å². The minimum absolute atomic E-state index is 0.110. The number of nitrogens with one attached hydrogen (secondary N) is 1. The molecule has 1 aliphatic heterocycles. The molecule has 0 fully saturated rings. The zero-order valence-electron chi connectivity index (χ0n) is 8.75. The van der Waals surface area contributed by atoms with E-state index in [-0.39, 0.29) is 18.1 Å². The second-order valence-corrected chi connectivity index (χ2v) is 4.59. The maximum absolute atomic E-state index is 9.25. The van der Waals surface area contributed by atoms with E-state index in [0.717, 1.165) is 6.54 Å². The van der Waals surface area contributed by atoms with Crippen LogP contribution >= 0.6 is 0 Å². The molecule has 2 N–H and O–H groups in total. The quantitative estimate of drug-likeness (QED) is 0.706. The molecule has 0 aliphatic carbocycles. The molecule has 2 nitrogen and oxygen atoms in total. The highest BCUT2D eigenvalue weighted by atomic mass is 16.3. The number of fused-ring (bicyclic) bond motifs is 1. The van der Waals surface area contributed by atoms with Crippen molar-refractivity contribution in [2.24, 2.45) is 0 Å². The number of rotatable bonds is 1. The first-order chi connectivity index (χ1) is 6.65. The molecule has 0 saturated carbocycles. The van der Waals surface area contributed by atoms with Crippen LogP contribution < -0.4 is 5.32 Å². The highest BCUT2D eigenvalue weighted by molar-refractivity contribution is 5.38. The van der Waals surface area contributed by atoms with Crippen LogP contribution in [0.3, 0.4) is 0 Å². The van der Waals surface area contributed by atoms with Crippen molar-refractivity contribution in [3.05, 3.63) is 35.4 Å². The summed E-state index contributed by atoms with van der Waals surface area (Å²) < 4.78 is 0. The molecule has 1 aliphatic rings. The SMILES string of the molecule is CC1(C)CN[C@@H](CO)c2ccccc21. The van der Waals surface area contributed by atoms with Crippen molar-refractivity contribution in [3.8, 4) is 0 Å². The smallest absolute Gasteiger partial charge is 0.0626 e. The first-order valence-corrected chi connectivity index (χ1v) is 5.09. The zero-order valence-corrected chi connectivity index (χ0v) is 8.75. The second-order valence-electron chi connectivity index (χ2n) is 4.59. The lowest BCUT2D eigenvalue weighted by atomic mass is 9.77. The lowest BCUT2D eigenvalue weighted by molar-refractivity contribution is 0.226. The largest absolute Gasteiger partial charge is 0.394 e. The van der Waals surface area contributed by atoms with Crippen molar-refractivity contribution in [2.75, 3.05) is 13.2 Å². The molecule has 0 saturated heterocycles. The van der Waals surface area contributed by atoms with Gasteiger partial charge in [-0.15, -0.1) is 0 Å². The molecule has 0 unspecified atom stereocenters. The molecule has 1 aromatic carbocycles. The van der Waals surface area contributed by atoms with Crippen molar-refractivity contribution < 1.29 is 5.11 Å². The Morgan fingerprint density at radius 1 is 1.43 bits per heavy atom. The summed E-state index contributed by atoms with van der Waals surface area (Å²) in [6.45, 7) is 5.56. The second kappa shape index (κ2) is 3.37. The molecule has 0 bridgehead atoms. The normalized spacial score (nSPS) is 24.4. The molecule has 2 rings (SSSR count). The summed E-state index contributed by atoms with van der Waals surface area (Å²) in [7, 11) is 0. The topological polar surface area (TPSA) is 32.3 Å². The molecular formula is C12H17NO. The molecule has 14 heavy (non-hydrogen) atoms. The third kappa shape index (κ3) is 1.45. The van der Waals surface area contributed by atoms with E-state index in [4.69, 9.17) is 0 Å². The van der Waals surface area contributed by atoms with Crippen LogP contribution in [0.1, 0.15) is 31.0 Å². The van der Waals surface area contributed by atoms with Crippen LogP contribution in [0.5, 0.6) is 0 Å². The lowest BCUT2D eigenvalue weighted by Crippen LogP contribution is -2.42. The van der Waals surface area contributed by atoms with E-state index in [0.29, 0.717) is 0 Å². The molecular weight excluding hydrogens is 174 g/mol. The predicted octanol–water partition coefficient (Wildman–Crippen LogP) is 1.60. The van der Waals surface area contributed by atoms with Crippen molar-refractivity contribution in [3.63, 3.8) is 0 Å². The predicted molar refractivity (Wildman–Crippen MR) is 57.3 cm³/mol. The van der Waals surface area contributed by atoms with Gasteiger partial charge in [-0.1, -0.05) is 38.1 Å². The maximum atomic E-state index is 9.25. The van der Waals surface area contributed by atoms with Gasteiger partial charge in [-0.25, -0.2) is 0 Å². The van der Waals surface area contributed by atoms with E-state index in [1.807, 2.05) is 6.07 Å². The van der Waals surface area contributed by atoms with E-state index in [9.17, 15) is 5.11 Å². The molecule has 0 amide bonds. The van der Waals surface area contributed by atoms with Gasteiger partial charge < -0.3 is 10.4 Å². The lowest BCUT2D eigenvalue weighted by Gasteiger charge is -2.37. The Balaban J connectivity index is 2.49. The maximum Gasteiger partial charge on any atom is 0.0626 e. The van der Waals surface area contributed by atoms with Crippen molar-refractivity contribution in [2.45, 2.75) is 25.3 Å². The number of benzene rings is 1. The van der Waals surface area contributed by atoms with Crippen molar-refractivity contribution in [1.29, 1.82) is 0 Å². The van der Waals surface area contributed by atoms with E-state index in [2.05, 4.69) is 37.4 Å². The summed E-state index contributed by atoms with van der Waals surface area (Å²) in [5.41, 5.74) is 2.77. The number of hydrogen-bond donors (Lipinski definition) is 2. The Morgan fingerprint density at radius 3 is 2.86 bits per heavy atom. The van der Waals surface area contributed by atoms with Gasteiger partial charge in [0.05, 0.1) is 12.6 Å². The van der Waals surface area contributed by atoms with Gasteiger partial charge in [0.2, 0.25) is 0 Å². The zero-order chi connectivity index (χ0) is 10.2. The van der Waals surface area contributed by atoms with Gasteiger partial charge in [-0.05, 0) is 11.1 Å². The molecule has 1 atom stereocenters. The summed E-state index contributed by atoms with van der Waals surface area (Å²) in [5, 5.41) is 12.6. The number of aliphatic hydroxyl groups is 1. The minimum atomic E-state index is 0.110. The van der Waals surface area contributed by atoms with Crippen LogP contribution in [0, 0.1) is 0 Å². The molecule has 0 radical (unpaired) electrons. The van der Waals surface area contributed by atoms with Crippen LogP contribution in [0.2, 0.25) is 0 Å². The van der Waals surface area contributed by atoms with Crippen LogP contribution in [-0.4, -0.2) is 18.3 Å². The van der Waals surface area contributed by atoms with Gasteiger partial charge in [-0.2, -0.15) is 0 Å². The molecule has 0 aromatic heterocycles. The Kier molecular flexibility index (Phi) is 2.33. The molecule has 76 valence electrons. The summed E-state index contributed by atoms with van der Waals surface area (Å²) in [6.07, 6.45) is 0. The summed E-state index contributed by atoms with van der Waals surface area (Å²) in [5.74, 6) is 0. The molecule has 1 aromatic rings. The average molecular weight is 191 g/mol. The fourth-order valence-electron chi connectivity index (χ4n) is 2.16. The number of hydrogen-bond acceptors (Lipinski definition) is 2. The first kappa shape index (κ1) is 9.69. The van der Waals surface area contributed by atoms with E-state index >= 15 is 0 Å². The van der Waals surface area contributed by atoms with Crippen LogP contribution in [0.4, 0.5) is 0 Å². The van der Waals surface area contributed by atoms with Gasteiger partial charge in [0.15, 0.2) is 0 Å². The Morgan fingerprint density at radius 2 is 2.14 bits per heavy atom. The van der Waals surface area contributed by atoms with Crippen LogP contribution in [0.25, 0.3) is 0 Å². The van der Waals surface area contributed by atoms with Gasteiger partial charge in [0.25, 0.3) is 0 Å². The van der Waals surface area contributed by atoms with Gasteiger partial charge in [-0.3, -0.25) is 0 Å². The average Bonchev–Trinajstić information content (AvgIpc) is 2.18. The third-order valence-corrected chi connectivity index (χ3v) is 3.04. The standard InChI is InChI=1S/C12H17NO/c1-12(2)8-13-11(7-14)9-5-3-4-6-10(9)12/h3-6,11,13-14H,7-8H2,1-2H3/t11-/m0/s1. The molecule has 0 spiro atoms. The molecule has 1 heterocycles.